The van der Waals surface area contributed by atoms with Crippen LogP contribution in [0, 0.1) is 20.8 Å². The number of carbonyl (C=O) groups is 1. The zero-order valence-corrected chi connectivity index (χ0v) is 15.2. The van der Waals surface area contributed by atoms with Gasteiger partial charge in [-0.05, 0) is 44.0 Å². The van der Waals surface area contributed by atoms with Crippen LogP contribution < -0.4 is 9.64 Å². The van der Waals surface area contributed by atoms with Gasteiger partial charge in [0.05, 0.1) is 0 Å². The molecule has 0 bridgehead atoms. The van der Waals surface area contributed by atoms with Crippen LogP contribution in [0.5, 0.6) is 5.75 Å². The van der Waals surface area contributed by atoms with Gasteiger partial charge in [0.25, 0.3) is 5.91 Å². The predicted molar refractivity (Wildman–Crippen MR) is 99.2 cm³/mol. The summed E-state index contributed by atoms with van der Waals surface area (Å²) in [5.41, 5.74) is 4.52. The Labute approximate surface area is 149 Å². The largest absolute Gasteiger partial charge is 0.483 e. The minimum Gasteiger partial charge on any atom is -0.483 e. The molecule has 0 spiro atoms. The number of ether oxygens (including phenoxy) is 1. The fourth-order valence-electron chi connectivity index (χ4n) is 3.39. The van der Waals surface area contributed by atoms with E-state index in [-0.39, 0.29) is 12.5 Å². The maximum Gasteiger partial charge on any atom is 0.260 e. The predicted octanol–water partition coefficient (Wildman–Crippen LogP) is 2.73. The molecule has 0 unspecified atom stereocenters. The van der Waals surface area contributed by atoms with Crippen LogP contribution in [-0.4, -0.2) is 48.6 Å². The molecule has 1 fully saturated rings. The molecule has 1 aliphatic rings. The molecule has 0 saturated carbocycles. The third-order valence-electron chi connectivity index (χ3n) is 4.60. The minimum atomic E-state index is 0.0498. The van der Waals surface area contributed by atoms with Gasteiger partial charge in [0.1, 0.15) is 5.75 Å². The summed E-state index contributed by atoms with van der Waals surface area (Å²) in [6.07, 6.45) is 3.60. The van der Waals surface area contributed by atoms with Crippen LogP contribution in [0.2, 0.25) is 0 Å². The van der Waals surface area contributed by atoms with Crippen molar-refractivity contribution in [2.75, 3.05) is 37.7 Å². The molecular weight excluding hydrogens is 314 g/mol. The first-order valence-corrected chi connectivity index (χ1v) is 8.68. The van der Waals surface area contributed by atoms with Gasteiger partial charge in [-0.2, -0.15) is 0 Å². The Hall–Kier alpha value is -2.56. The third kappa shape index (κ3) is 4.10. The fourth-order valence-corrected chi connectivity index (χ4v) is 3.39. The smallest absolute Gasteiger partial charge is 0.260 e. The number of aryl methyl sites for hydroxylation is 3. The van der Waals surface area contributed by atoms with Crippen molar-refractivity contribution in [2.45, 2.75) is 20.8 Å². The Morgan fingerprint density at radius 1 is 1.04 bits per heavy atom. The number of carbonyl (C=O) groups excluding carboxylic acids is 1. The summed E-state index contributed by atoms with van der Waals surface area (Å²) >= 11 is 0. The van der Waals surface area contributed by atoms with Crippen molar-refractivity contribution in [1.29, 1.82) is 0 Å². The Morgan fingerprint density at radius 3 is 2.24 bits per heavy atom. The topological polar surface area (TPSA) is 45.7 Å². The highest BCUT2D eigenvalue weighted by Crippen LogP contribution is 2.24. The quantitative estimate of drug-likeness (QED) is 0.859. The highest BCUT2D eigenvalue weighted by molar-refractivity contribution is 5.78. The summed E-state index contributed by atoms with van der Waals surface area (Å²) in [6.45, 7) is 9.31. The van der Waals surface area contributed by atoms with Gasteiger partial charge in [0, 0.05) is 44.3 Å². The van der Waals surface area contributed by atoms with E-state index in [0.29, 0.717) is 0 Å². The van der Waals surface area contributed by atoms with E-state index < -0.39 is 0 Å². The number of benzene rings is 1. The Balaban J connectivity index is 1.53. The lowest BCUT2D eigenvalue weighted by molar-refractivity contribution is -0.133. The first kappa shape index (κ1) is 17.3. The van der Waals surface area contributed by atoms with E-state index in [1.807, 2.05) is 30.9 Å². The molecule has 3 rings (SSSR count). The summed E-state index contributed by atoms with van der Waals surface area (Å²) < 4.78 is 5.84. The maximum atomic E-state index is 12.5. The molecule has 0 atom stereocenters. The standard InChI is InChI=1S/C20H25N3O2/c1-15-12-16(2)20(17(3)13-15)25-14-19(24)23-10-8-22(9-11-23)18-4-6-21-7-5-18/h4-7,12-13H,8-11,14H2,1-3H3. The zero-order valence-electron chi connectivity index (χ0n) is 15.2. The number of hydrogen-bond acceptors (Lipinski definition) is 4. The molecule has 1 amide bonds. The molecule has 132 valence electrons. The maximum absolute atomic E-state index is 12.5. The van der Waals surface area contributed by atoms with E-state index in [4.69, 9.17) is 4.74 Å². The van der Waals surface area contributed by atoms with Crippen molar-refractivity contribution in [3.63, 3.8) is 0 Å². The van der Waals surface area contributed by atoms with Gasteiger partial charge >= 0.3 is 0 Å². The number of rotatable bonds is 4. The van der Waals surface area contributed by atoms with Crippen molar-refractivity contribution in [3.05, 3.63) is 53.3 Å². The van der Waals surface area contributed by atoms with E-state index in [9.17, 15) is 4.79 Å². The molecule has 2 aromatic rings. The molecule has 0 radical (unpaired) electrons. The van der Waals surface area contributed by atoms with E-state index in [1.54, 1.807) is 12.4 Å². The molecule has 0 N–H and O–H groups in total. The highest BCUT2D eigenvalue weighted by Gasteiger charge is 2.22. The molecule has 1 aromatic carbocycles. The fraction of sp³-hybridized carbons (Fsp3) is 0.400. The van der Waals surface area contributed by atoms with Crippen molar-refractivity contribution in [3.8, 4) is 5.75 Å². The molecule has 1 saturated heterocycles. The minimum absolute atomic E-state index is 0.0498. The van der Waals surface area contributed by atoms with Crippen molar-refractivity contribution < 1.29 is 9.53 Å². The lowest BCUT2D eigenvalue weighted by Gasteiger charge is -2.36. The van der Waals surface area contributed by atoms with E-state index in [2.05, 4.69) is 28.9 Å². The SMILES string of the molecule is Cc1cc(C)c(OCC(=O)N2CCN(c3ccncc3)CC2)c(C)c1. The van der Waals surface area contributed by atoms with Crippen molar-refractivity contribution in [1.82, 2.24) is 9.88 Å². The summed E-state index contributed by atoms with van der Waals surface area (Å²) in [4.78, 5) is 20.7. The Bertz CT molecular complexity index is 715. The van der Waals surface area contributed by atoms with Crippen LogP contribution in [0.4, 0.5) is 5.69 Å². The number of anilines is 1. The number of piperazine rings is 1. The normalized spacial score (nSPS) is 14.5. The Kier molecular flexibility index (Phi) is 5.22. The van der Waals surface area contributed by atoms with Crippen LogP contribution in [0.25, 0.3) is 0 Å². The van der Waals surface area contributed by atoms with Gasteiger partial charge in [-0.1, -0.05) is 17.7 Å². The molecule has 2 heterocycles. The summed E-state index contributed by atoms with van der Waals surface area (Å²) in [6, 6.07) is 8.17. The monoisotopic (exact) mass is 339 g/mol. The molecule has 25 heavy (non-hydrogen) atoms. The van der Waals surface area contributed by atoms with Crippen LogP contribution in [-0.2, 0) is 4.79 Å². The molecule has 0 aliphatic carbocycles. The highest BCUT2D eigenvalue weighted by atomic mass is 16.5. The van der Waals surface area contributed by atoms with Crippen LogP contribution in [0.15, 0.2) is 36.7 Å². The lowest BCUT2D eigenvalue weighted by atomic mass is 10.1. The molecular formula is C20H25N3O2. The van der Waals surface area contributed by atoms with Crippen LogP contribution in [0.3, 0.4) is 0 Å². The number of amides is 1. The van der Waals surface area contributed by atoms with E-state index >= 15 is 0 Å². The number of pyridine rings is 1. The van der Waals surface area contributed by atoms with Crippen molar-refractivity contribution >= 4 is 11.6 Å². The molecule has 1 aliphatic heterocycles. The van der Waals surface area contributed by atoms with Crippen LogP contribution >= 0.6 is 0 Å². The van der Waals surface area contributed by atoms with Gasteiger partial charge in [-0.15, -0.1) is 0 Å². The Morgan fingerprint density at radius 2 is 1.64 bits per heavy atom. The number of nitrogens with zero attached hydrogens (tertiary/aromatic N) is 3. The van der Waals surface area contributed by atoms with Gasteiger partial charge < -0.3 is 14.5 Å². The molecule has 1 aromatic heterocycles. The lowest BCUT2D eigenvalue weighted by Crippen LogP contribution is -2.50. The van der Waals surface area contributed by atoms with Gasteiger partial charge in [-0.25, -0.2) is 0 Å². The third-order valence-corrected chi connectivity index (χ3v) is 4.60. The first-order valence-electron chi connectivity index (χ1n) is 8.68. The van der Waals surface area contributed by atoms with E-state index in [1.165, 1.54) is 5.56 Å². The molecule has 5 heteroatoms. The summed E-state index contributed by atoms with van der Waals surface area (Å²) in [7, 11) is 0. The second kappa shape index (κ2) is 7.55. The average Bonchev–Trinajstić information content (AvgIpc) is 2.61. The van der Waals surface area contributed by atoms with E-state index in [0.717, 1.165) is 48.7 Å². The van der Waals surface area contributed by atoms with Crippen molar-refractivity contribution in [2.24, 2.45) is 0 Å². The summed E-state index contributed by atoms with van der Waals surface area (Å²) in [5, 5.41) is 0. The van der Waals surface area contributed by atoms with Gasteiger partial charge in [0.2, 0.25) is 0 Å². The van der Waals surface area contributed by atoms with Gasteiger partial charge in [-0.3, -0.25) is 9.78 Å². The number of hydrogen-bond donors (Lipinski definition) is 0. The van der Waals surface area contributed by atoms with Gasteiger partial charge in [0.15, 0.2) is 6.61 Å². The second-order valence-electron chi connectivity index (χ2n) is 6.59. The second-order valence-corrected chi connectivity index (χ2v) is 6.59. The zero-order chi connectivity index (χ0) is 17.8. The first-order chi connectivity index (χ1) is 12.0. The van der Waals surface area contributed by atoms with Crippen LogP contribution in [0.1, 0.15) is 16.7 Å². The average molecular weight is 339 g/mol. The molecule has 5 nitrogen and oxygen atoms in total. The summed E-state index contributed by atoms with van der Waals surface area (Å²) in [5.74, 6) is 0.878. The number of aromatic nitrogens is 1.